The molecule has 0 aromatic heterocycles. The molecule has 1 heterocycles. The molecule has 0 saturated heterocycles. The number of carbonyl (C=O) groups is 3. The fourth-order valence-electron chi connectivity index (χ4n) is 2.95. The Hall–Kier alpha value is -2.95. The zero-order valence-corrected chi connectivity index (χ0v) is 15.1. The number of Topliss-reactive ketones (excluding diaryl/α,β-unsaturated/α-hetero) is 1. The van der Waals surface area contributed by atoms with Crippen LogP contribution in [0.15, 0.2) is 36.4 Å². The van der Waals surface area contributed by atoms with Gasteiger partial charge in [-0.3, -0.25) is 14.4 Å². The van der Waals surface area contributed by atoms with E-state index in [4.69, 9.17) is 4.74 Å². The predicted molar refractivity (Wildman–Crippen MR) is 98.4 cm³/mol. The molecule has 5 nitrogen and oxygen atoms in total. The second kappa shape index (κ2) is 7.12. The highest BCUT2D eigenvalue weighted by Crippen LogP contribution is 2.32. The summed E-state index contributed by atoms with van der Waals surface area (Å²) in [5.74, 6) is -1.09. The Morgan fingerprint density at radius 3 is 2.58 bits per heavy atom. The average Bonchev–Trinajstić information content (AvgIpc) is 2.90. The van der Waals surface area contributed by atoms with Gasteiger partial charge in [0, 0.05) is 11.3 Å². The van der Waals surface area contributed by atoms with Crippen molar-refractivity contribution >= 4 is 23.3 Å². The van der Waals surface area contributed by atoms with Crippen molar-refractivity contribution in [3.63, 3.8) is 0 Å². The van der Waals surface area contributed by atoms with Crippen LogP contribution in [0.25, 0.3) is 0 Å². The van der Waals surface area contributed by atoms with Crippen LogP contribution in [0.5, 0.6) is 0 Å². The van der Waals surface area contributed by atoms with E-state index in [1.807, 2.05) is 32.0 Å². The summed E-state index contributed by atoms with van der Waals surface area (Å²) in [6.07, 6.45) is 0.133. The summed E-state index contributed by atoms with van der Waals surface area (Å²) in [7, 11) is 0. The number of nitrogens with one attached hydrogen (secondary N) is 1. The lowest BCUT2D eigenvalue weighted by molar-refractivity contribution is -0.141. The zero-order valence-electron chi connectivity index (χ0n) is 15.1. The van der Waals surface area contributed by atoms with Gasteiger partial charge in [-0.15, -0.1) is 0 Å². The summed E-state index contributed by atoms with van der Waals surface area (Å²) >= 11 is 0. The van der Waals surface area contributed by atoms with Crippen molar-refractivity contribution in [2.75, 3.05) is 11.9 Å². The van der Waals surface area contributed by atoms with Crippen molar-refractivity contribution in [2.24, 2.45) is 0 Å². The van der Waals surface area contributed by atoms with E-state index < -0.39 is 5.97 Å². The van der Waals surface area contributed by atoms with E-state index in [2.05, 4.69) is 5.32 Å². The lowest BCUT2D eigenvalue weighted by Gasteiger charge is -2.08. The Kier molecular flexibility index (Phi) is 4.89. The third kappa shape index (κ3) is 3.67. The first kappa shape index (κ1) is 17.9. The summed E-state index contributed by atoms with van der Waals surface area (Å²) in [6.45, 7) is 5.48. The molecule has 26 heavy (non-hydrogen) atoms. The molecule has 134 valence electrons. The molecule has 2 aromatic rings. The van der Waals surface area contributed by atoms with Crippen LogP contribution in [0, 0.1) is 13.8 Å². The number of aryl methyl sites for hydroxylation is 2. The van der Waals surface area contributed by atoms with Crippen molar-refractivity contribution in [3.05, 3.63) is 64.2 Å². The fraction of sp³-hybridized carbons (Fsp3) is 0.286. The highest BCUT2D eigenvalue weighted by atomic mass is 16.5. The molecule has 1 aliphatic heterocycles. The molecule has 0 spiro atoms. The molecule has 0 bridgehead atoms. The molecule has 0 aliphatic carbocycles. The molecule has 3 rings (SSSR count). The smallest absolute Gasteiger partial charge is 0.310 e. The molecular weight excluding hydrogens is 330 g/mol. The molecule has 1 aliphatic rings. The van der Waals surface area contributed by atoms with E-state index >= 15 is 0 Å². The quantitative estimate of drug-likeness (QED) is 0.662. The summed E-state index contributed by atoms with van der Waals surface area (Å²) in [6, 6.07) is 10.8. The lowest BCUT2D eigenvalue weighted by Crippen LogP contribution is -2.16. The molecule has 5 heteroatoms. The minimum Gasteiger partial charge on any atom is -0.457 e. The molecule has 0 saturated carbocycles. The number of hydrogen-bond acceptors (Lipinski definition) is 4. The standard InChI is InChI=1S/C21H21NO4/c1-12-4-5-15(8-13(12)2)9-20(24)26-11-19(23)16-6-7-18-17(10-16)14(3)21(25)22-18/h4-8,10,14H,9,11H2,1-3H3,(H,22,25)/t14-/m0/s1. The summed E-state index contributed by atoms with van der Waals surface area (Å²) < 4.78 is 5.13. The van der Waals surface area contributed by atoms with Gasteiger partial charge in [0.1, 0.15) is 0 Å². The van der Waals surface area contributed by atoms with Gasteiger partial charge in [-0.25, -0.2) is 0 Å². The Morgan fingerprint density at radius 2 is 1.85 bits per heavy atom. The Labute approximate surface area is 152 Å². The van der Waals surface area contributed by atoms with Crippen molar-refractivity contribution in [1.82, 2.24) is 0 Å². The maximum atomic E-state index is 12.3. The van der Waals surface area contributed by atoms with E-state index in [0.29, 0.717) is 5.56 Å². The molecule has 1 atom stereocenters. The third-order valence-corrected chi connectivity index (χ3v) is 4.78. The number of anilines is 1. The van der Waals surface area contributed by atoms with Gasteiger partial charge in [0.15, 0.2) is 12.4 Å². The largest absolute Gasteiger partial charge is 0.457 e. The Balaban J connectivity index is 1.59. The molecule has 1 N–H and O–H groups in total. The minimum absolute atomic E-state index is 0.0792. The van der Waals surface area contributed by atoms with Gasteiger partial charge in [-0.05, 0) is 61.2 Å². The first-order valence-corrected chi connectivity index (χ1v) is 8.55. The normalized spacial score (nSPS) is 15.3. The molecule has 1 amide bonds. The number of benzene rings is 2. The van der Waals surface area contributed by atoms with Gasteiger partial charge >= 0.3 is 5.97 Å². The number of hydrogen-bond donors (Lipinski definition) is 1. The summed E-state index contributed by atoms with van der Waals surface area (Å²) in [5, 5.41) is 2.76. The fourth-order valence-corrected chi connectivity index (χ4v) is 2.95. The second-order valence-electron chi connectivity index (χ2n) is 6.69. The molecular formula is C21H21NO4. The Bertz CT molecular complexity index is 901. The third-order valence-electron chi connectivity index (χ3n) is 4.78. The van der Waals surface area contributed by atoms with Gasteiger partial charge < -0.3 is 10.1 Å². The minimum atomic E-state index is -0.437. The van der Waals surface area contributed by atoms with Crippen LogP contribution in [0.2, 0.25) is 0 Å². The number of rotatable bonds is 5. The van der Waals surface area contributed by atoms with Crippen LogP contribution in [0.3, 0.4) is 0 Å². The van der Waals surface area contributed by atoms with Crippen molar-refractivity contribution in [1.29, 1.82) is 0 Å². The summed E-state index contributed by atoms with van der Waals surface area (Å²) in [5.41, 5.74) is 5.10. The van der Waals surface area contributed by atoms with E-state index in [9.17, 15) is 14.4 Å². The van der Waals surface area contributed by atoms with Gasteiger partial charge in [-0.2, -0.15) is 0 Å². The number of esters is 1. The van der Waals surface area contributed by atoms with Gasteiger partial charge in [-0.1, -0.05) is 18.2 Å². The first-order valence-electron chi connectivity index (χ1n) is 8.55. The lowest BCUT2D eigenvalue weighted by atomic mass is 9.99. The molecule has 0 radical (unpaired) electrons. The van der Waals surface area contributed by atoms with Gasteiger partial charge in [0.25, 0.3) is 0 Å². The van der Waals surface area contributed by atoms with E-state index in [0.717, 1.165) is 27.9 Å². The van der Waals surface area contributed by atoms with Crippen molar-refractivity contribution in [2.45, 2.75) is 33.1 Å². The number of ether oxygens (including phenoxy) is 1. The monoisotopic (exact) mass is 351 g/mol. The topological polar surface area (TPSA) is 72.5 Å². The van der Waals surface area contributed by atoms with Crippen molar-refractivity contribution in [3.8, 4) is 0 Å². The molecule has 0 fully saturated rings. The van der Waals surface area contributed by atoms with E-state index in [1.165, 1.54) is 0 Å². The number of amides is 1. The van der Waals surface area contributed by atoms with Gasteiger partial charge in [0.2, 0.25) is 5.91 Å². The number of carbonyl (C=O) groups excluding carboxylic acids is 3. The highest BCUT2D eigenvalue weighted by Gasteiger charge is 2.27. The first-order chi connectivity index (χ1) is 12.3. The maximum absolute atomic E-state index is 12.3. The van der Waals surface area contributed by atoms with Crippen LogP contribution in [0.1, 0.15) is 45.5 Å². The van der Waals surface area contributed by atoms with Crippen LogP contribution in [-0.2, 0) is 20.7 Å². The van der Waals surface area contributed by atoms with Gasteiger partial charge in [0.05, 0.1) is 12.3 Å². The number of fused-ring (bicyclic) bond motifs is 1. The SMILES string of the molecule is Cc1ccc(CC(=O)OCC(=O)c2ccc3c(c2)[C@H](C)C(=O)N3)cc1C. The van der Waals surface area contributed by atoms with Crippen LogP contribution in [-0.4, -0.2) is 24.3 Å². The predicted octanol–water partition coefficient (Wildman–Crippen LogP) is 3.33. The van der Waals surface area contributed by atoms with E-state index in [1.54, 1.807) is 25.1 Å². The zero-order chi connectivity index (χ0) is 18.8. The van der Waals surface area contributed by atoms with Crippen LogP contribution >= 0.6 is 0 Å². The molecule has 0 unspecified atom stereocenters. The Morgan fingerprint density at radius 1 is 1.08 bits per heavy atom. The number of ketones is 1. The van der Waals surface area contributed by atoms with Crippen LogP contribution < -0.4 is 5.32 Å². The molecule has 2 aromatic carbocycles. The van der Waals surface area contributed by atoms with Crippen molar-refractivity contribution < 1.29 is 19.1 Å². The van der Waals surface area contributed by atoms with E-state index in [-0.39, 0.29) is 30.6 Å². The maximum Gasteiger partial charge on any atom is 0.310 e. The second-order valence-corrected chi connectivity index (χ2v) is 6.69. The highest BCUT2D eigenvalue weighted by molar-refractivity contribution is 6.05. The summed E-state index contributed by atoms with van der Waals surface area (Å²) in [4.78, 5) is 36.0. The average molecular weight is 351 g/mol. The van der Waals surface area contributed by atoms with Crippen LogP contribution in [0.4, 0.5) is 5.69 Å².